The van der Waals surface area contributed by atoms with Crippen molar-refractivity contribution in [2.24, 2.45) is 12.0 Å². The number of likely N-dealkylation sites (tertiary alicyclic amines) is 1. The summed E-state index contributed by atoms with van der Waals surface area (Å²) >= 11 is 0. The second kappa shape index (κ2) is 8.73. The van der Waals surface area contributed by atoms with Crippen molar-refractivity contribution in [2.45, 2.75) is 45.2 Å². The van der Waals surface area contributed by atoms with Gasteiger partial charge in [0, 0.05) is 33.2 Å². The van der Waals surface area contributed by atoms with E-state index in [-0.39, 0.29) is 0 Å². The highest BCUT2D eigenvalue weighted by molar-refractivity contribution is 5.79. The summed E-state index contributed by atoms with van der Waals surface area (Å²) in [6.45, 7) is 6.12. The molecule has 0 saturated carbocycles. The minimum Gasteiger partial charge on any atom is -0.355 e. The van der Waals surface area contributed by atoms with E-state index in [1.165, 1.54) is 32.2 Å². The van der Waals surface area contributed by atoms with Crippen LogP contribution in [0.25, 0.3) is 0 Å². The van der Waals surface area contributed by atoms with Crippen molar-refractivity contribution in [3.63, 3.8) is 0 Å². The molecule has 0 bridgehead atoms. The summed E-state index contributed by atoms with van der Waals surface area (Å²) in [5.41, 5.74) is 0. The highest BCUT2D eigenvalue weighted by Gasteiger charge is 2.19. The molecule has 1 fully saturated rings. The van der Waals surface area contributed by atoms with Crippen LogP contribution in [0.15, 0.2) is 11.3 Å². The molecule has 0 spiro atoms. The van der Waals surface area contributed by atoms with Gasteiger partial charge in [0.1, 0.15) is 12.2 Å². The molecule has 2 N–H and O–H groups in total. The maximum atomic E-state index is 4.26. The van der Waals surface area contributed by atoms with Gasteiger partial charge in [0.05, 0.1) is 6.54 Å². The topological polar surface area (TPSA) is 70.4 Å². The first-order valence-electron chi connectivity index (χ1n) is 8.26. The number of nitrogens with one attached hydrogen (secondary N) is 2. The summed E-state index contributed by atoms with van der Waals surface area (Å²) < 4.78 is 1.76. The number of aliphatic imine (C=N–C) groups is 1. The van der Waals surface area contributed by atoms with Crippen LogP contribution in [-0.4, -0.2) is 58.3 Å². The Morgan fingerprint density at radius 2 is 2.27 bits per heavy atom. The van der Waals surface area contributed by atoms with Crippen LogP contribution in [0.5, 0.6) is 0 Å². The second-order valence-corrected chi connectivity index (χ2v) is 5.75. The van der Waals surface area contributed by atoms with E-state index in [1.54, 1.807) is 18.1 Å². The average Bonchev–Trinajstić information content (AvgIpc) is 2.96. The first kappa shape index (κ1) is 16.7. The third kappa shape index (κ3) is 4.69. The van der Waals surface area contributed by atoms with E-state index < -0.39 is 0 Å². The minimum absolute atomic E-state index is 0.622. The molecule has 124 valence electrons. The zero-order chi connectivity index (χ0) is 15.8. The van der Waals surface area contributed by atoms with E-state index in [4.69, 9.17) is 0 Å². The number of rotatable bonds is 6. The molecule has 0 radical (unpaired) electrons. The smallest absolute Gasteiger partial charge is 0.191 e. The SMILES string of the molecule is CCC1CCCCN1CCNC(=NC)NCc1ncnn1C. The highest BCUT2D eigenvalue weighted by atomic mass is 15.3. The van der Waals surface area contributed by atoms with Gasteiger partial charge in [0.2, 0.25) is 0 Å². The monoisotopic (exact) mass is 307 g/mol. The maximum absolute atomic E-state index is 4.26. The van der Waals surface area contributed by atoms with Crippen molar-refractivity contribution < 1.29 is 0 Å². The molecule has 7 nitrogen and oxygen atoms in total. The summed E-state index contributed by atoms with van der Waals surface area (Å²) in [6.07, 6.45) is 6.86. The summed E-state index contributed by atoms with van der Waals surface area (Å²) in [4.78, 5) is 11.1. The van der Waals surface area contributed by atoms with Gasteiger partial charge in [-0.2, -0.15) is 5.10 Å². The van der Waals surface area contributed by atoms with Gasteiger partial charge < -0.3 is 10.6 Å². The summed E-state index contributed by atoms with van der Waals surface area (Å²) in [5, 5.41) is 10.7. The Bertz CT molecular complexity index is 468. The van der Waals surface area contributed by atoms with E-state index in [0.29, 0.717) is 6.54 Å². The molecule has 1 unspecified atom stereocenters. The molecule has 0 amide bonds. The fourth-order valence-electron chi connectivity index (χ4n) is 3.00. The molecular formula is C15H29N7. The van der Waals surface area contributed by atoms with E-state index in [2.05, 4.69) is 37.5 Å². The van der Waals surface area contributed by atoms with Crippen molar-refractivity contribution in [3.05, 3.63) is 12.2 Å². The number of aryl methyl sites for hydroxylation is 1. The zero-order valence-electron chi connectivity index (χ0n) is 14.0. The van der Waals surface area contributed by atoms with Gasteiger partial charge in [-0.25, -0.2) is 4.98 Å². The molecule has 1 aromatic heterocycles. The van der Waals surface area contributed by atoms with Crippen LogP contribution in [0.1, 0.15) is 38.4 Å². The zero-order valence-corrected chi connectivity index (χ0v) is 14.0. The Labute approximate surface area is 133 Å². The predicted octanol–water partition coefficient (Wildman–Crippen LogP) is 0.745. The van der Waals surface area contributed by atoms with Crippen molar-refractivity contribution >= 4 is 5.96 Å². The van der Waals surface area contributed by atoms with Gasteiger partial charge in [-0.3, -0.25) is 14.6 Å². The molecule has 0 aliphatic carbocycles. The summed E-state index contributed by atoms with van der Waals surface area (Å²) in [5.74, 6) is 1.71. The maximum Gasteiger partial charge on any atom is 0.191 e. The van der Waals surface area contributed by atoms with Gasteiger partial charge >= 0.3 is 0 Å². The van der Waals surface area contributed by atoms with Crippen LogP contribution in [-0.2, 0) is 13.6 Å². The lowest BCUT2D eigenvalue weighted by molar-refractivity contribution is 0.147. The summed E-state index contributed by atoms with van der Waals surface area (Å²) in [7, 11) is 3.68. The van der Waals surface area contributed by atoms with E-state index in [0.717, 1.165) is 30.9 Å². The van der Waals surface area contributed by atoms with Gasteiger partial charge in [-0.1, -0.05) is 13.3 Å². The Kier molecular flexibility index (Phi) is 6.64. The van der Waals surface area contributed by atoms with Gasteiger partial charge in [-0.15, -0.1) is 0 Å². The third-order valence-corrected chi connectivity index (χ3v) is 4.35. The molecule has 1 atom stereocenters. The van der Waals surface area contributed by atoms with Gasteiger partial charge in [-0.05, 0) is 25.8 Å². The molecule has 7 heteroatoms. The lowest BCUT2D eigenvalue weighted by atomic mass is 10.0. The molecule has 1 aliphatic heterocycles. The van der Waals surface area contributed by atoms with Gasteiger partial charge in [0.15, 0.2) is 5.96 Å². The quantitative estimate of drug-likeness (QED) is 0.599. The predicted molar refractivity (Wildman–Crippen MR) is 88.7 cm³/mol. The van der Waals surface area contributed by atoms with Crippen molar-refractivity contribution in [2.75, 3.05) is 26.7 Å². The van der Waals surface area contributed by atoms with Crippen LogP contribution >= 0.6 is 0 Å². The van der Waals surface area contributed by atoms with Crippen molar-refractivity contribution in [1.29, 1.82) is 0 Å². The van der Waals surface area contributed by atoms with Crippen LogP contribution in [0.3, 0.4) is 0 Å². The molecule has 22 heavy (non-hydrogen) atoms. The Morgan fingerprint density at radius 3 is 2.95 bits per heavy atom. The molecule has 1 aliphatic rings. The minimum atomic E-state index is 0.622. The van der Waals surface area contributed by atoms with Crippen molar-refractivity contribution in [3.8, 4) is 0 Å². The molecular weight excluding hydrogens is 278 g/mol. The number of guanidine groups is 1. The lowest BCUT2D eigenvalue weighted by Gasteiger charge is -2.35. The highest BCUT2D eigenvalue weighted by Crippen LogP contribution is 2.18. The number of aromatic nitrogens is 3. The summed E-state index contributed by atoms with van der Waals surface area (Å²) in [6, 6.07) is 0.754. The number of hydrogen-bond donors (Lipinski definition) is 2. The fraction of sp³-hybridized carbons (Fsp3) is 0.800. The standard InChI is InChI=1S/C15H29N7/c1-4-13-7-5-6-9-22(13)10-8-17-15(16-2)18-11-14-19-12-20-21(14)3/h12-13H,4-11H2,1-3H3,(H2,16,17,18). The largest absolute Gasteiger partial charge is 0.355 e. The first-order valence-corrected chi connectivity index (χ1v) is 8.26. The van der Waals surface area contributed by atoms with Crippen LogP contribution < -0.4 is 10.6 Å². The second-order valence-electron chi connectivity index (χ2n) is 5.75. The number of piperidine rings is 1. The molecule has 1 aromatic rings. The van der Waals surface area contributed by atoms with E-state index >= 15 is 0 Å². The first-order chi connectivity index (χ1) is 10.7. The Morgan fingerprint density at radius 1 is 1.41 bits per heavy atom. The van der Waals surface area contributed by atoms with Crippen LogP contribution in [0.2, 0.25) is 0 Å². The van der Waals surface area contributed by atoms with E-state index in [1.807, 2.05) is 7.05 Å². The van der Waals surface area contributed by atoms with E-state index in [9.17, 15) is 0 Å². The van der Waals surface area contributed by atoms with Crippen LogP contribution in [0, 0.1) is 0 Å². The Balaban J connectivity index is 1.71. The fourth-order valence-corrected chi connectivity index (χ4v) is 3.00. The lowest BCUT2D eigenvalue weighted by Crippen LogP contribution is -2.45. The normalized spacial score (nSPS) is 20.1. The molecule has 0 aromatic carbocycles. The third-order valence-electron chi connectivity index (χ3n) is 4.35. The Hall–Kier alpha value is -1.63. The number of nitrogens with zero attached hydrogens (tertiary/aromatic N) is 5. The van der Waals surface area contributed by atoms with Gasteiger partial charge in [0.25, 0.3) is 0 Å². The average molecular weight is 307 g/mol. The van der Waals surface area contributed by atoms with Crippen LogP contribution in [0.4, 0.5) is 0 Å². The molecule has 2 rings (SSSR count). The number of hydrogen-bond acceptors (Lipinski definition) is 4. The molecule has 1 saturated heterocycles. The molecule has 2 heterocycles. The van der Waals surface area contributed by atoms with Crippen molar-refractivity contribution in [1.82, 2.24) is 30.3 Å².